The molecule has 0 aromatic heterocycles. The van der Waals surface area contributed by atoms with Crippen molar-refractivity contribution in [2.75, 3.05) is 6.61 Å². The van der Waals surface area contributed by atoms with E-state index in [-0.39, 0.29) is 13.0 Å². The van der Waals surface area contributed by atoms with E-state index in [1.165, 1.54) is 0 Å². The maximum Gasteiger partial charge on any atom is 0.408 e. The molecule has 1 aromatic rings. The minimum Gasteiger partial charge on any atom is -0.444 e. The van der Waals surface area contributed by atoms with Crippen molar-refractivity contribution in [2.24, 2.45) is 0 Å². The third-order valence-electron chi connectivity index (χ3n) is 3.33. The van der Waals surface area contributed by atoms with Gasteiger partial charge in [-0.2, -0.15) is 0 Å². The number of carbonyl (C=O) groups excluding carboxylic acids is 1. The number of carbonyl (C=O) groups is 1. The normalized spacial score (nSPS) is 25.0. The zero-order valence-electron chi connectivity index (χ0n) is 13.8. The Kier molecular flexibility index (Phi) is 5.96. The first kappa shape index (κ1) is 17.7. The van der Waals surface area contributed by atoms with Crippen molar-refractivity contribution in [1.29, 1.82) is 0 Å². The van der Waals surface area contributed by atoms with E-state index in [2.05, 4.69) is 5.32 Å². The van der Waals surface area contributed by atoms with Crippen molar-refractivity contribution in [3.8, 4) is 0 Å². The number of benzene rings is 1. The molecule has 6 heteroatoms. The van der Waals surface area contributed by atoms with Gasteiger partial charge in [-0.05, 0) is 26.3 Å². The van der Waals surface area contributed by atoms with Gasteiger partial charge in [-0.25, -0.2) is 9.18 Å². The second kappa shape index (κ2) is 7.75. The molecule has 0 spiro atoms. The summed E-state index contributed by atoms with van der Waals surface area (Å²) in [6.45, 7) is 5.76. The molecule has 0 aliphatic carbocycles. The minimum atomic E-state index is -1.38. The summed E-state index contributed by atoms with van der Waals surface area (Å²) in [6, 6.07) is 9.17. The molecule has 1 N–H and O–H groups in total. The Bertz CT molecular complexity index is 503. The first-order valence-electron chi connectivity index (χ1n) is 7.74. The van der Waals surface area contributed by atoms with Gasteiger partial charge in [0.15, 0.2) is 0 Å². The van der Waals surface area contributed by atoms with Gasteiger partial charge in [-0.15, -0.1) is 0 Å². The van der Waals surface area contributed by atoms with Gasteiger partial charge in [0.1, 0.15) is 5.60 Å². The van der Waals surface area contributed by atoms with Gasteiger partial charge in [-0.3, -0.25) is 0 Å². The number of alkyl carbamates (subject to hydrolysis) is 1. The summed E-state index contributed by atoms with van der Waals surface area (Å²) in [5.41, 5.74) is 0.397. The van der Waals surface area contributed by atoms with Crippen molar-refractivity contribution in [2.45, 2.75) is 57.9 Å². The Morgan fingerprint density at radius 3 is 2.70 bits per heavy atom. The quantitative estimate of drug-likeness (QED) is 0.924. The van der Waals surface area contributed by atoms with Crippen LogP contribution in [0, 0.1) is 0 Å². The zero-order chi connectivity index (χ0) is 16.9. The molecule has 2 rings (SSSR count). The summed E-state index contributed by atoms with van der Waals surface area (Å²) in [4.78, 5) is 11.9. The van der Waals surface area contributed by atoms with Crippen LogP contribution in [0.1, 0.15) is 32.8 Å². The lowest BCUT2D eigenvalue weighted by atomic mass is 10.1. The first-order chi connectivity index (χ1) is 10.8. The lowest BCUT2D eigenvalue weighted by molar-refractivity contribution is -0.142. The SMILES string of the molecule is CC(C)(C)OC(=O)N[C@H]1COC(F)C[C@@H]1OCc1ccccc1. The van der Waals surface area contributed by atoms with E-state index < -0.39 is 30.2 Å². The summed E-state index contributed by atoms with van der Waals surface area (Å²) in [5, 5.41) is 2.70. The summed E-state index contributed by atoms with van der Waals surface area (Å²) in [5.74, 6) is 0. The van der Waals surface area contributed by atoms with E-state index in [0.29, 0.717) is 6.61 Å². The molecule has 1 saturated heterocycles. The fourth-order valence-corrected chi connectivity index (χ4v) is 2.29. The topological polar surface area (TPSA) is 56.8 Å². The highest BCUT2D eigenvalue weighted by molar-refractivity contribution is 5.68. The molecular weight excluding hydrogens is 301 g/mol. The largest absolute Gasteiger partial charge is 0.444 e. The highest BCUT2D eigenvalue weighted by atomic mass is 19.1. The van der Waals surface area contributed by atoms with E-state index in [1.807, 2.05) is 30.3 Å². The lowest BCUT2D eigenvalue weighted by Crippen LogP contribution is -2.52. The molecule has 1 heterocycles. The number of rotatable bonds is 4. The van der Waals surface area contributed by atoms with E-state index in [9.17, 15) is 9.18 Å². The summed E-state index contributed by atoms with van der Waals surface area (Å²) in [7, 11) is 0. The number of hydrogen-bond donors (Lipinski definition) is 1. The van der Waals surface area contributed by atoms with Gasteiger partial charge in [0, 0.05) is 6.42 Å². The van der Waals surface area contributed by atoms with Crippen LogP contribution in [0.25, 0.3) is 0 Å². The third-order valence-corrected chi connectivity index (χ3v) is 3.33. The summed E-state index contributed by atoms with van der Waals surface area (Å²) >= 11 is 0. The molecule has 1 aromatic carbocycles. The Morgan fingerprint density at radius 1 is 1.35 bits per heavy atom. The number of halogens is 1. The number of hydrogen-bond acceptors (Lipinski definition) is 4. The van der Waals surface area contributed by atoms with E-state index in [1.54, 1.807) is 20.8 Å². The molecule has 0 bridgehead atoms. The predicted molar refractivity (Wildman–Crippen MR) is 83.6 cm³/mol. The van der Waals surface area contributed by atoms with E-state index in [4.69, 9.17) is 14.2 Å². The van der Waals surface area contributed by atoms with Crippen molar-refractivity contribution in [3.05, 3.63) is 35.9 Å². The first-order valence-corrected chi connectivity index (χ1v) is 7.74. The van der Waals surface area contributed by atoms with Crippen molar-refractivity contribution in [3.63, 3.8) is 0 Å². The van der Waals surface area contributed by atoms with E-state index in [0.717, 1.165) is 5.56 Å². The Balaban J connectivity index is 1.91. The fraction of sp³-hybridized carbons (Fsp3) is 0.588. The predicted octanol–water partition coefficient (Wildman–Crippen LogP) is 3.18. The van der Waals surface area contributed by atoms with Crippen LogP contribution < -0.4 is 5.32 Å². The van der Waals surface area contributed by atoms with E-state index >= 15 is 0 Å². The fourth-order valence-electron chi connectivity index (χ4n) is 2.29. The van der Waals surface area contributed by atoms with Crippen LogP contribution in [-0.2, 0) is 20.8 Å². The Labute approximate surface area is 136 Å². The summed E-state index contributed by atoms with van der Waals surface area (Å²) in [6.07, 6.45) is -2.33. The highest BCUT2D eigenvalue weighted by Gasteiger charge is 2.34. The second-order valence-corrected chi connectivity index (χ2v) is 6.57. The maximum atomic E-state index is 13.5. The van der Waals surface area contributed by atoms with Crippen LogP contribution in [0.4, 0.5) is 9.18 Å². The molecule has 128 valence electrons. The van der Waals surface area contributed by atoms with Crippen molar-refractivity contribution < 1.29 is 23.4 Å². The molecule has 5 nitrogen and oxygen atoms in total. The van der Waals surface area contributed by atoms with Crippen LogP contribution in [0.2, 0.25) is 0 Å². The second-order valence-electron chi connectivity index (χ2n) is 6.57. The Hall–Kier alpha value is -1.66. The van der Waals surface area contributed by atoms with Gasteiger partial charge in [0.25, 0.3) is 0 Å². The van der Waals surface area contributed by atoms with Gasteiger partial charge in [0.2, 0.25) is 6.36 Å². The zero-order valence-corrected chi connectivity index (χ0v) is 13.8. The summed E-state index contributed by atoms with van der Waals surface area (Å²) < 4.78 is 29.5. The monoisotopic (exact) mass is 325 g/mol. The molecule has 1 aliphatic heterocycles. The third kappa shape index (κ3) is 6.15. The average molecular weight is 325 g/mol. The molecule has 1 unspecified atom stereocenters. The standard InChI is InChI=1S/C17H24FNO4/c1-17(2,3)23-16(20)19-13-11-22-15(18)9-14(13)21-10-12-7-5-4-6-8-12/h4-8,13-15H,9-11H2,1-3H3,(H,19,20)/t13-,14-,15?/m0/s1. The average Bonchev–Trinajstić information content (AvgIpc) is 2.46. The van der Waals surface area contributed by atoms with Crippen LogP contribution in [-0.4, -0.2) is 36.8 Å². The van der Waals surface area contributed by atoms with Crippen LogP contribution >= 0.6 is 0 Å². The molecule has 23 heavy (non-hydrogen) atoms. The van der Waals surface area contributed by atoms with Gasteiger partial charge in [0.05, 0.1) is 25.4 Å². The number of nitrogens with one attached hydrogen (secondary N) is 1. The number of ether oxygens (including phenoxy) is 3. The lowest BCUT2D eigenvalue weighted by Gasteiger charge is -2.34. The molecule has 1 fully saturated rings. The van der Waals surface area contributed by atoms with Crippen LogP contribution in [0.15, 0.2) is 30.3 Å². The smallest absolute Gasteiger partial charge is 0.408 e. The molecule has 3 atom stereocenters. The molecule has 0 radical (unpaired) electrons. The Morgan fingerprint density at radius 2 is 2.04 bits per heavy atom. The maximum absolute atomic E-state index is 13.5. The van der Waals surface area contributed by atoms with Crippen molar-refractivity contribution in [1.82, 2.24) is 5.32 Å². The van der Waals surface area contributed by atoms with Gasteiger partial charge in [-0.1, -0.05) is 30.3 Å². The molecule has 0 saturated carbocycles. The molecule has 1 aliphatic rings. The van der Waals surface area contributed by atoms with Gasteiger partial charge < -0.3 is 19.5 Å². The highest BCUT2D eigenvalue weighted by Crippen LogP contribution is 2.20. The number of amides is 1. The molecule has 1 amide bonds. The van der Waals surface area contributed by atoms with Crippen LogP contribution in [0.5, 0.6) is 0 Å². The molecular formula is C17H24FNO4. The number of alkyl halides is 1. The minimum absolute atomic E-state index is 0.0554. The van der Waals surface area contributed by atoms with Crippen molar-refractivity contribution >= 4 is 6.09 Å². The van der Waals surface area contributed by atoms with Crippen LogP contribution in [0.3, 0.4) is 0 Å². The van der Waals surface area contributed by atoms with Gasteiger partial charge >= 0.3 is 6.09 Å².